The van der Waals surface area contributed by atoms with E-state index in [-0.39, 0.29) is 6.10 Å². The summed E-state index contributed by atoms with van der Waals surface area (Å²) in [5, 5.41) is 0. The summed E-state index contributed by atoms with van der Waals surface area (Å²) in [6, 6.07) is 20.4. The van der Waals surface area contributed by atoms with E-state index in [9.17, 15) is 0 Å². The van der Waals surface area contributed by atoms with Crippen LogP contribution in [0.1, 0.15) is 12.5 Å². The fourth-order valence-corrected chi connectivity index (χ4v) is 2.11. The fourth-order valence-electron chi connectivity index (χ4n) is 1.82. The topological polar surface area (TPSA) is 9.23 Å². The lowest BCUT2D eigenvalue weighted by atomic mass is 10.1. The van der Waals surface area contributed by atoms with Crippen molar-refractivity contribution in [3.63, 3.8) is 0 Å². The molecule has 2 rings (SSSR count). The van der Waals surface area contributed by atoms with Crippen LogP contribution in [0.3, 0.4) is 0 Å². The summed E-state index contributed by atoms with van der Waals surface area (Å²) in [5.41, 5.74) is 1.30. The van der Waals surface area contributed by atoms with Crippen molar-refractivity contribution in [1.82, 2.24) is 0 Å². The molecular formula is C16H17BrO. The molecule has 2 aromatic rings. The minimum atomic E-state index is 0.134. The summed E-state index contributed by atoms with van der Waals surface area (Å²) in [6.07, 6.45) is 1.04. The van der Waals surface area contributed by atoms with Crippen molar-refractivity contribution in [3.05, 3.63) is 66.2 Å². The van der Waals surface area contributed by atoms with Crippen molar-refractivity contribution >= 4 is 15.9 Å². The van der Waals surface area contributed by atoms with Gasteiger partial charge < -0.3 is 4.74 Å². The molecule has 2 atom stereocenters. The molecule has 0 spiro atoms. The van der Waals surface area contributed by atoms with Gasteiger partial charge in [0.25, 0.3) is 0 Å². The first-order valence-corrected chi connectivity index (χ1v) is 7.07. The predicted molar refractivity (Wildman–Crippen MR) is 79.4 cm³/mol. The highest BCUT2D eigenvalue weighted by atomic mass is 79.9. The van der Waals surface area contributed by atoms with Crippen LogP contribution in [0.25, 0.3) is 0 Å². The van der Waals surface area contributed by atoms with Gasteiger partial charge in [0.05, 0.1) is 0 Å². The second-order valence-corrected chi connectivity index (χ2v) is 5.78. The summed E-state index contributed by atoms with van der Waals surface area (Å²) in [7, 11) is 0. The third-order valence-electron chi connectivity index (χ3n) is 2.82. The van der Waals surface area contributed by atoms with Crippen molar-refractivity contribution in [2.24, 2.45) is 0 Å². The molecule has 0 aliphatic rings. The number of para-hydroxylation sites is 1. The molecule has 2 heteroatoms. The maximum absolute atomic E-state index is 6.03. The maximum Gasteiger partial charge on any atom is 0.119 e. The second-order valence-electron chi connectivity index (χ2n) is 4.34. The Labute approximate surface area is 117 Å². The van der Waals surface area contributed by atoms with Crippen molar-refractivity contribution in [2.45, 2.75) is 24.3 Å². The van der Waals surface area contributed by atoms with E-state index in [1.807, 2.05) is 36.4 Å². The smallest absolute Gasteiger partial charge is 0.119 e. The Morgan fingerprint density at radius 1 is 0.944 bits per heavy atom. The van der Waals surface area contributed by atoms with Crippen molar-refractivity contribution < 1.29 is 4.74 Å². The normalized spacial score (nSPS) is 13.9. The first kappa shape index (κ1) is 13.2. The Balaban J connectivity index is 2.05. The Kier molecular flexibility index (Phi) is 4.82. The average Bonchev–Trinajstić information content (AvgIpc) is 2.40. The van der Waals surface area contributed by atoms with E-state index in [0.717, 1.165) is 12.2 Å². The molecule has 0 saturated heterocycles. The molecule has 18 heavy (non-hydrogen) atoms. The van der Waals surface area contributed by atoms with E-state index in [0.29, 0.717) is 4.83 Å². The zero-order valence-corrected chi connectivity index (χ0v) is 12.0. The van der Waals surface area contributed by atoms with Crippen LogP contribution in [0, 0.1) is 0 Å². The van der Waals surface area contributed by atoms with Crippen LogP contribution in [0.4, 0.5) is 0 Å². The van der Waals surface area contributed by atoms with E-state index in [4.69, 9.17) is 4.74 Å². The number of hydrogen-bond acceptors (Lipinski definition) is 1. The van der Waals surface area contributed by atoms with Gasteiger partial charge in [-0.2, -0.15) is 0 Å². The second kappa shape index (κ2) is 6.60. The third-order valence-corrected chi connectivity index (χ3v) is 3.41. The predicted octanol–water partition coefficient (Wildman–Crippen LogP) is 4.46. The van der Waals surface area contributed by atoms with Gasteiger partial charge in [0.1, 0.15) is 11.9 Å². The molecule has 1 nitrogen and oxygen atoms in total. The molecule has 0 aliphatic heterocycles. The van der Waals surface area contributed by atoms with Crippen LogP contribution in [0.2, 0.25) is 0 Å². The van der Waals surface area contributed by atoms with E-state index in [1.54, 1.807) is 0 Å². The van der Waals surface area contributed by atoms with Crippen LogP contribution < -0.4 is 4.74 Å². The summed E-state index contributed by atoms with van der Waals surface area (Å²) in [6.45, 7) is 2.12. The third kappa shape index (κ3) is 3.88. The molecule has 2 unspecified atom stereocenters. The zero-order valence-electron chi connectivity index (χ0n) is 10.4. The number of ether oxygens (including phenoxy) is 1. The molecule has 2 aromatic carbocycles. The minimum absolute atomic E-state index is 0.134. The lowest BCUT2D eigenvalue weighted by molar-refractivity contribution is 0.205. The van der Waals surface area contributed by atoms with Crippen LogP contribution in [0.15, 0.2) is 60.7 Å². The van der Waals surface area contributed by atoms with Gasteiger partial charge in [0, 0.05) is 11.2 Å². The first-order valence-electron chi connectivity index (χ1n) is 6.15. The van der Waals surface area contributed by atoms with Crippen molar-refractivity contribution in [2.75, 3.05) is 0 Å². The Bertz CT molecular complexity index is 412. The van der Waals surface area contributed by atoms with Gasteiger partial charge >= 0.3 is 0 Å². The van der Waals surface area contributed by atoms with Gasteiger partial charge in [0.2, 0.25) is 0 Å². The fraction of sp³-hybridized carbons (Fsp3) is 0.250. The molecular weight excluding hydrogens is 288 g/mol. The molecule has 0 heterocycles. The molecule has 0 aliphatic carbocycles. The standard InChI is InChI=1S/C16H17BrO/c1-13(17)16(12-14-8-4-2-5-9-14)18-15-10-6-3-7-11-15/h2-11,13,16H,12H2,1H3. The van der Waals surface area contributed by atoms with Gasteiger partial charge in [-0.25, -0.2) is 0 Å². The summed E-state index contributed by atoms with van der Waals surface area (Å²) in [5.74, 6) is 0.921. The highest BCUT2D eigenvalue weighted by Gasteiger charge is 2.17. The van der Waals surface area contributed by atoms with E-state index in [1.165, 1.54) is 5.56 Å². The van der Waals surface area contributed by atoms with Crippen LogP contribution >= 0.6 is 15.9 Å². The zero-order chi connectivity index (χ0) is 12.8. The van der Waals surface area contributed by atoms with Crippen molar-refractivity contribution in [1.29, 1.82) is 0 Å². The SMILES string of the molecule is CC(Br)C(Cc1ccccc1)Oc1ccccc1. The Morgan fingerprint density at radius 2 is 1.50 bits per heavy atom. The number of benzene rings is 2. The monoisotopic (exact) mass is 304 g/mol. The molecule has 0 saturated carbocycles. The van der Waals surface area contributed by atoms with Crippen LogP contribution in [-0.2, 0) is 6.42 Å². The first-order chi connectivity index (χ1) is 8.75. The summed E-state index contributed by atoms with van der Waals surface area (Å²) < 4.78 is 6.03. The lowest BCUT2D eigenvalue weighted by Gasteiger charge is -2.21. The minimum Gasteiger partial charge on any atom is -0.489 e. The summed E-state index contributed by atoms with van der Waals surface area (Å²) >= 11 is 3.63. The van der Waals surface area contributed by atoms with Gasteiger partial charge in [-0.05, 0) is 24.6 Å². The Morgan fingerprint density at radius 3 is 2.06 bits per heavy atom. The van der Waals surface area contributed by atoms with Crippen molar-refractivity contribution in [3.8, 4) is 5.75 Å². The van der Waals surface area contributed by atoms with Gasteiger partial charge in [-0.3, -0.25) is 0 Å². The molecule has 0 amide bonds. The maximum atomic E-state index is 6.03. The molecule has 0 bridgehead atoms. The Hall–Kier alpha value is -1.28. The quantitative estimate of drug-likeness (QED) is 0.741. The average molecular weight is 305 g/mol. The van der Waals surface area contributed by atoms with E-state index in [2.05, 4.69) is 47.1 Å². The van der Waals surface area contributed by atoms with E-state index >= 15 is 0 Å². The lowest BCUT2D eigenvalue weighted by Crippen LogP contribution is -2.27. The largest absolute Gasteiger partial charge is 0.489 e. The molecule has 94 valence electrons. The summed E-state index contributed by atoms with van der Waals surface area (Å²) in [4.78, 5) is 0.304. The van der Waals surface area contributed by atoms with E-state index < -0.39 is 0 Å². The number of rotatable bonds is 5. The van der Waals surface area contributed by atoms with Gasteiger partial charge in [-0.15, -0.1) is 0 Å². The molecule has 0 radical (unpaired) electrons. The van der Waals surface area contributed by atoms with Crippen LogP contribution in [-0.4, -0.2) is 10.9 Å². The molecule has 0 aromatic heterocycles. The molecule has 0 fully saturated rings. The van der Waals surface area contributed by atoms with Crippen LogP contribution in [0.5, 0.6) is 5.75 Å². The highest BCUT2D eigenvalue weighted by Crippen LogP contribution is 2.19. The number of halogens is 1. The number of hydrogen-bond donors (Lipinski definition) is 0. The van der Waals surface area contributed by atoms with Gasteiger partial charge in [0.15, 0.2) is 0 Å². The highest BCUT2D eigenvalue weighted by molar-refractivity contribution is 9.09. The molecule has 0 N–H and O–H groups in total. The number of alkyl halides is 1. The van der Waals surface area contributed by atoms with Gasteiger partial charge in [-0.1, -0.05) is 64.5 Å².